The molecule has 0 aliphatic heterocycles. The summed E-state index contributed by atoms with van der Waals surface area (Å²) in [5, 5.41) is 11.2. The van der Waals surface area contributed by atoms with Gasteiger partial charge in [0, 0.05) is 47.3 Å². The molecule has 210 valence electrons. The van der Waals surface area contributed by atoms with Crippen molar-refractivity contribution in [2.45, 2.75) is 6.92 Å². The molecule has 7 aromatic carbocycles. The van der Waals surface area contributed by atoms with Crippen molar-refractivity contribution in [3.63, 3.8) is 0 Å². The van der Waals surface area contributed by atoms with E-state index in [0.29, 0.717) is 5.95 Å². The molecule has 10 rings (SSSR count). The third kappa shape index (κ3) is 3.40. The number of para-hydroxylation sites is 2. The lowest BCUT2D eigenvalue weighted by Crippen LogP contribution is -2.04. The van der Waals surface area contributed by atoms with Crippen LogP contribution in [0.25, 0.3) is 91.6 Å². The van der Waals surface area contributed by atoms with Gasteiger partial charge in [-0.2, -0.15) is 0 Å². The maximum atomic E-state index is 5.43. The second kappa shape index (κ2) is 9.21. The number of thiophene rings is 1. The number of aryl methyl sites for hydroxylation is 1. The summed E-state index contributed by atoms with van der Waals surface area (Å²) in [5.74, 6) is 0.690. The molecule has 0 N–H and O–H groups in total. The summed E-state index contributed by atoms with van der Waals surface area (Å²) in [4.78, 5) is 10.7. The van der Waals surface area contributed by atoms with Gasteiger partial charge in [-0.05, 0) is 46.8 Å². The fraction of sp³-hybridized carbons (Fsp3) is 0.0244. The Kier molecular flexibility index (Phi) is 5.08. The quantitative estimate of drug-likeness (QED) is 0.187. The lowest BCUT2D eigenvalue weighted by molar-refractivity contribution is 1.02. The number of fused-ring (bicyclic) bond motifs is 13. The van der Waals surface area contributed by atoms with Gasteiger partial charge in [0.25, 0.3) is 0 Å². The summed E-state index contributed by atoms with van der Waals surface area (Å²) in [6.45, 7) is 2.16. The van der Waals surface area contributed by atoms with Gasteiger partial charge in [0.2, 0.25) is 5.95 Å². The fourth-order valence-electron chi connectivity index (χ4n) is 7.35. The van der Waals surface area contributed by atoms with E-state index in [1.54, 1.807) is 0 Å². The SMILES string of the molecule is Cc1ccccc1-c1nc(-n2c3ccccc3c3c4ccc5ccccc5c4c4sc5ccccc5c4c32)nc2ccccc12. The summed E-state index contributed by atoms with van der Waals surface area (Å²) < 4.78 is 4.92. The molecule has 0 saturated heterocycles. The van der Waals surface area contributed by atoms with E-state index < -0.39 is 0 Å². The largest absolute Gasteiger partial charge is 0.277 e. The highest BCUT2D eigenvalue weighted by Crippen LogP contribution is 2.49. The first-order valence-corrected chi connectivity index (χ1v) is 16.1. The molecule has 0 atom stereocenters. The van der Waals surface area contributed by atoms with E-state index in [2.05, 4.69) is 145 Å². The van der Waals surface area contributed by atoms with Gasteiger partial charge >= 0.3 is 0 Å². The normalized spacial score (nSPS) is 12.1. The minimum atomic E-state index is 0.690. The van der Waals surface area contributed by atoms with Crippen molar-refractivity contribution in [1.29, 1.82) is 0 Å². The Bertz CT molecular complexity index is 2840. The fourth-order valence-corrected chi connectivity index (χ4v) is 8.62. The predicted octanol–water partition coefficient (Wildman–Crippen LogP) is 11.4. The Hall–Kier alpha value is -5.58. The summed E-state index contributed by atoms with van der Waals surface area (Å²) in [6.07, 6.45) is 0. The average molecular weight is 592 g/mol. The van der Waals surface area contributed by atoms with Crippen LogP contribution in [0.3, 0.4) is 0 Å². The highest BCUT2D eigenvalue weighted by atomic mass is 32.1. The van der Waals surface area contributed by atoms with E-state index in [1.165, 1.54) is 58.1 Å². The van der Waals surface area contributed by atoms with E-state index in [4.69, 9.17) is 9.97 Å². The van der Waals surface area contributed by atoms with Crippen LogP contribution in [-0.2, 0) is 0 Å². The zero-order chi connectivity index (χ0) is 29.6. The standard InChI is InChI=1S/C41H25N3S/c1-24-12-2-4-14-26(24)38-28-16-6-9-19-32(28)42-41(43-38)44-33-20-10-7-17-29(33)35-31-23-22-25-13-3-5-15-27(25)36(31)40-37(39(35)44)30-18-8-11-21-34(30)45-40/h2-23H,1H3. The average Bonchev–Trinajstić information content (AvgIpc) is 3.64. The van der Waals surface area contributed by atoms with Crippen molar-refractivity contribution in [3.8, 4) is 17.2 Å². The van der Waals surface area contributed by atoms with Gasteiger partial charge in [0.1, 0.15) is 0 Å². The van der Waals surface area contributed by atoms with Crippen LogP contribution in [0.2, 0.25) is 0 Å². The van der Waals surface area contributed by atoms with Gasteiger partial charge in [0.05, 0.1) is 22.2 Å². The van der Waals surface area contributed by atoms with Gasteiger partial charge in [-0.25, -0.2) is 9.97 Å². The van der Waals surface area contributed by atoms with E-state index in [1.807, 2.05) is 11.3 Å². The van der Waals surface area contributed by atoms with Gasteiger partial charge in [0.15, 0.2) is 0 Å². The molecule has 0 spiro atoms. The number of rotatable bonds is 2. The molecule has 3 nitrogen and oxygen atoms in total. The Labute approximate surface area is 262 Å². The van der Waals surface area contributed by atoms with Gasteiger partial charge < -0.3 is 0 Å². The maximum absolute atomic E-state index is 5.43. The Morgan fingerprint density at radius 2 is 1.24 bits per heavy atom. The molecule has 4 heteroatoms. The molecule has 10 aromatic rings. The first-order chi connectivity index (χ1) is 22.3. The van der Waals surface area contributed by atoms with E-state index >= 15 is 0 Å². The molecule has 3 heterocycles. The Balaban J connectivity index is 1.48. The van der Waals surface area contributed by atoms with Crippen LogP contribution in [0, 0.1) is 6.92 Å². The first-order valence-electron chi connectivity index (χ1n) is 15.3. The molecular formula is C41H25N3S. The number of hydrogen-bond acceptors (Lipinski definition) is 3. The summed E-state index contributed by atoms with van der Waals surface area (Å²) >= 11 is 1.89. The molecule has 0 radical (unpaired) electrons. The first kappa shape index (κ1) is 24.8. The van der Waals surface area contributed by atoms with Crippen molar-refractivity contribution in [2.75, 3.05) is 0 Å². The lowest BCUT2D eigenvalue weighted by atomic mass is 9.95. The van der Waals surface area contributed by atoms with Crippen molar-refractivity contribution >= 4 is 85.8 Å². The van der Waals surface area contributed by atoms with E-state index in [0.717, 1.165) is 33.2 Å². The van der Waals surface area contributed by atoms with Crippen LogP contribution in [0.15, 0.2) is 133 Å². The molecule has 0 bridgehead atoms. The highest BCUT2D eigenvalue weighted by molar-refractivity contribution is 7.27. The third-order valence-corrected chi connectivity index (χ3v) is 10.5. The second-order valence-electron chi connectivity index (χ2n) is 11.8. The summed E-state index contributed by atoms with van der Waals surface area (Å²) in [5.41, 5.74) is 6.48. The zero-order valence-corrected chi connectivity index (χ0v) is 25.3. The molecular weight excluding hydrogens is 567 g/mol. The van der Waals surface area contributed by atoms with Gasteiger partial charge in [-0.3, -0.25) is 4.57 Å². The van der Waals surface area contributed by atoms with E-state index in [9.17, 15) is 0 Å². The maximum Gasteiger partial charge on any atom is 0.235 e. The van der Waals surface area contributed by atoms with Crippen molar-refractivity contribution in [2.24, 2.45) is 0 Å². The predicted molar refractivity (Wildman–Crippen MR) is 192 cm³/mol. The number of nitrogens with zero attached hydrogens (tertiary/aromatic N) is 3. The van der Waals surface area contributed by atoms with E-state index in [-0.39, 0.29) is 0 Å². The molecule has 0 aliphatic carbocycles. The van der Waals surface area contributed by atoms with Crippen molar-refractivity contribution in [1.82, 2.24) is 14.5 Å². The summed E-state index contributed by atoms with van der Waals surface area (Å²) in [7, 11) is 0. The van der Waals surface area contributed by atoms with Crippen LogP contribution >= 0.6 is 11.3 Å². The molecule has 0 unspecified atom stereocenters. The Morgan fingerprint density at radius 3 is 2.13 bits per heavy atom. The van der Waals surface area contributed by atoms with Crippen molar-refractivity contribution < 1.29 is 0 Å². The van der Waals surface area contributed by atoms with Crippen LogP contribution in [-0.4, -0.2) is 14.5 Å². The minimum Gasteiger partial charge on any atom is -0.277 e. The monoisotopic (exact) mass is 591 g/mol. The van der Waals surface area contributed by atoms with Crippen LogP contribution < -0.4 is 0 Å². The minimum absolute atomic E-state index is 0.690. The second-order valence-corrected chi connectivity index (χ2v) is 12.8. The van der Waals surface area contributed by atoms with Crippen LogP contribution in [0.4, 0.5) is 0 Å². The van der Waals surface area contributed by atoms with Gasteiger partial charge in [-0.1, -0.05) is 115 Å². The molecule has 0 fully saturated rings. The molecule has 0 amide bonds. The lowest BCUT2D eigenvalue weighted by Gasteiger charge is -2.14. The zero-order valence-electron chi connectivity index (χ0n) is 24.5. The smallest absolute Gasteiger partial charge is 0.235 e. The van der Waals surface area contributed by atoms with Crippen molar-refractivity contribution in [3.05, 3.63) is 139 Å². The summed E-state index contributed by atoms with van der Waals surface area (Å²) in [6, 6.07) is 47.8. The van der Waals surface area contributed by atoms with Crippen LogP contribution in [0.1, 0.15) is 5.56 Å². The van der Waals surface area contributed by atoms with Crippen LogP contribution in [0.5, 0.6) is 0 Å². The topological polar surface area (TPSA) is 30.7 Å². The number of aromatic nitrogens is 3. The molecule has 3 aromatic heterocycles. The molecule has 45 heavy (non-hydrogen) atoms. The number of hydrogen-bond donors (Lipinski definition) is 0. The number of benzene rings is 7. The molecule has 0 saturated carbocycles. The molecule has 0 aliphatic rings. The highest BCUT2D eigenvalue weighted by Gasteiger charge is 2.24. The third-order valence-electron chi connectivity index (χ3n) is 9.32. The van der Waals surface area contributed by atoms with Gasteiger partial charge in [-0.15, -0.1) is 11.3 Å². The Morgan fingerprint density at radius 1 is 0.533 bits per heavy atom.